The molecule has 7 heteroatoms. The van der Waals surface area contributed by atoms with Crippen molar-refractivity contribution < 1.29 is 13.2 Å². The number of aryl methyl sites for hydroxylation is 1. The van der Waals surface area contributed by atoms with Crippen LogP contribution >= 0.6 is 0 Å². The van der Waals surface area contributed by atoms with Crippen LogP contribution in [0.5, 0.6) is 5.75 Å². The molecule has 0 atom stereocenters. The van der Waals surface area contributed by atoms with Crippen molar-refractivity contribution in [2.75, 3.05) is 20.2 Å². The lowest BCUT2D eigenvalue weighted by molar-refractivity contribution is 0.178. The van der Waals surface area contributed by atoms with Crippen LogP contribution in [0.2, 0.25) is 0 Å². The molecule has 0 saturated carbocycles. The van der Waals surface area contributed by atoms with Gasteiger partial charge >= 0.3 is 0 Å². The Morgan fingerprint density at radius 2 is 2.04 bits per heavy atom. The van der Waals surface area contributed by atoms with Gasteiger partial charge in [0.15, 0.2) is 0 Å². The second kappa shape index (κ2) is 6.80. The number of methoxy groups -OCH3 is 1. The minimum atomic E-state index is -3.44. The summed E-state index contributed by atoms with van der Waals surface area (Å²) in [5.41, 5.74) is 0.820. The summed E-state index contributed by atoms with van der Waals surface area (Å²) in [7, 11) is -1.85. The van der Waals surface area contributed by atoms with Gasteiger partial charge in [0, 0.05) is 43.9 Å². The van der Waals surface area contributed by atoms with Gasteiger partial charge in [0.2, 0.25) is 10.0 Å². The highest BCUT2D eigenvalue weighted by Gasteiger charge is 2.37. The molecule has 0 amide bonds. The molecule has 2 heterocycles. The average Bonchev–Trinajstić information content (AvgIpc) is 2.98. The van der Waals surface area contributed by atoms with Crippen molar-refractivity contribution in [1.82, 2.24) is 13.9 Å². The SMILES string of the molecule is COc1ccc(S(=O)(=O)N2CC(Cn3ccnc3C(C)C)C2)cc1C. The van der Waals surface area contributed by atoms with Crippen molar-refractivity contribution in [3.05, 3.63) is 42.0 Å². The zero-order valence-electron chi connectivity index (χ0n) is 15.1. The van der Waals surface area contributed by atoms with E-state index in [0.717, 1.165) is 17.9 Å². The lowest BCUT2D eigenvalue weighted by atomic mass is 10.0. The molecular weight excluding hydrogens is 338 g/mol. The quantitative estimate of drug-likeness (QED) is 0.791. The second-order valence-electron chi connectivity index (χ2n) is 6.91. The van der Waals surface area contributed by atoms with Gasteiger partial charge in [-0.25, -0.2) is 13.4 Å². The first-order chi connectivity index (χ1) is 11.8. The van der Waals surface area contributed by atoms with Gasteiger partial charge in [-0.05, 0) is 30.7 Å². The van der Waals surface area contributed by atoms with Crippen LogP contribution in [0.3, 0.4) is 0 Å². The Morgan fingerprint density at radius 1 is 1.32 bits per heavy atom. The van der Waals surface area contributed by atoms with E-state index < -0.39 is 10.0 Å². The molecule has 0 unspecified atom stereocenters. The maximum atomic E-state index is 12.8. The summed E-state index contributed by atoms with van der Waals surface area (Å²) in [6.45, 7) is 7.97. The van der Waals surface area contributed by atoms with Gasteiger partial charge in [-0.2, -0.15) is 4.31 Å². The Kier molecular flexibility index (Phi) is 4.88. The summed E-state index contributed by atoms with van der Waals surface area (Å²) in [6.07, 6.45) is 3.78. The number of hydrogen-bond acceptors (Lipinski definition) is 4. The summed E-state index contributed by atoms with van der Waals surface area (Å²) in [6, 6.07) is 5.00. The zero-order valence-corrected chi connectivity index (χ0v) is 16.0. The van der Waals surface area contributed by atoms with E-state index in [1.54, 1.807) is 29.6 Å². The van der Waals surface area contributed by atoms with E-state index in [1.165, 1.54) is 0 Å². The van der Waals surface area contributed by atoms with E-state index in [-0.39, 0.29) is 0 Å². The molecule has 3 rings (SSSR count). The van der Waals surface area contributed by atoms with Gasteiger partial charge in [0.1, 0.15) is 11.6 Å². The molecule has 1 fully saturated rings. The fourth-order valence-corrected chi connectivity index (χ4v) is 4.93. The van der Waals surface area contributed by atoms with Crippen LogP contribution in [0.4, 0.5) is 0 Å². The van der Waals surface area contributed by atoms with Gasteiger partial charge in [-0.3, -0.25) is 0 Å². The Balaban J connectivity index is 1.67. The van der Waals surface area contributed by atoms with Gasteiger partial charge < -0.3 is 9.30 Å². The molecule has 6 nitrogen and oxygen atoms in total. The van der Waals surface area contributed by atoms with E-state index in [2.05, 4.69) is 23.4 Å². The molecule has 0 spiro atoms. The molecule has 0 bridgehead atoms. The van der Waals surface area contributed by atoms with E-state index in [0.29, 0.717) is 35.6 Å². The maximum Gasteiger partial charge on any atom is 0.243 e. The van der Waals surface area contributed by atoms with Crippen LogP contribution in [-0.4, -0.2) is 42.5 Å². The topological polar surface area (TPSA) is 64.4 Å². The molecule has 0 N–H and O–H groups in total. The Hall–Kier alpha value is -1.86. The first-order valence-corrected chi connectivity index (χ1v) is 9.92. The highest BCUT2D eigenvalue weighted by Crippen LogP contribution is 2.29. The molecule has 1 aliphatic heterocycles. The van der Waals surface area contributed by atoms with Gasteiger partial charge in [0.25, 0.3) is 0 Å². The Labute approximate surface area is 149 Å². The number of ether oxygens (including phenoxy) is 1. The fourth-order valence-electron chi connectivity index (χ4n) is 3.25. The first-order valence-electron chi connectivity index (χ1n) is 8.48. The molecule has 25 heavy (non-hydrogen) atoms. The van der Waals surface area contributed by atoms with Crippen LogP contribution in [-0.2, 0) is 16.6 Å². The molecule has 0 radical (unpaired) electrons. The monoisotopic (exact) mass is 363 g/mol. The summed E-state index contributed by atoms with van der Waals surface area (Å²) in [4.78, 5) is 4.72. The van der Waals surface area contributed by atoms with E-state index in [1.807, 2.05) is 19.3 Å². The summed E-state index contributed by atoms with van der Waals surface area (Å²) in [5, 5.41) is 0. The van der Waals surface area contributed by atoms with Crippen LogP contribution in [0.1, 0.15) is 31.2 Å². The van der Waals surface area contributed by atoms with E-state index in [9.17, 15) is 8.42 Å². The Morgan fingerprint density at radius 3 is 2.64 bits per heavy atom. The van der Waals surface area contributed by atoms with Gasteiger partial charge in [-0.1, -0.05) is 13.8 Å². The molecule has 136 valence electrons. The van der Waals surface area contributed by atoms with E-state index >= 15 is 0 Å². The van der Waals surface area contributed by atoms with Crippen molar-refractivity contribution in [3.63, 3.8) is 0 Å². The molecule has 0 aliphatic carbocycles. The number of rotatable bonds is 6. The number of aromatic nitrogens is 2. The van der Waals surface area contributed by atoms with E-state index in [4.69, 9.17) is 4.74 Å². The second-order valence-corrected chi connectivity index (χ2v) is 8.85. The van der Waals surface area contributed by atoms with Crippen molar-refractivity contribution in [2.45, 2.75) is 38.1 Å². The standard InChI is InChI=1S/C18H25N3O3S/c1-13(2)18-19-7-8-20(18)10-15-11-21(12-15)25(22,23)16-5-6-17(24-4)14(3)9-16/h5-9,13,15H,10-12H2,1-4H3. The molecule has 1 aromatic heterocycles. The van der Waals surface area contributed by atoms with Crippen LogP contribution in [0.25, 0.3) is 0 Å². The lowest BCUT2D eigenvalue weighted by Crippen LogP contribution is -2.51. The summed E-state index contributed by atoms with van der Waals surface area (Å²) in [5.74, 6) is 2.42. The first kappa shape index (κ1) is 17.9. The van der Waals surface area contributed by atoms with Crippen LogP contribution in [0.15, 0.2) is 35.5 Å². The fraction of sp³-hybridized carbons (Fsp3) is 0.500. The van der Waals surface area contributed by atoms with Gasteiger partial charge in [0.05, 0.1) is 12.0 Å². The molecule has 1 aliphatic rings. The predicted molar refractivity (Wildman–Crippen MR) is 96.3 cm³/mol. The molecule has 1 saturated heterocycles. The third kappa shape index (κ3) is 3.43. The highest BCUT2D eigenvalue weighted by atomic mass is 32.2. The van der Waals surface area contributed by atoms with Crippen molar-refractivity contribution in [3.8, 4) is 5.75 Å². The number of nitrogens with zero attached hydrogens (tertiary/aromatic N) is 3. The minimum absolute atomic E-state index is 0.320. The normalized spacial score (nSPS) is 16.2. The maximum absolute atomic E-state index is 12.8. The largest absolute Gasteiger partial charge is 0.496 e. The Bertz CT molecular complexity index is 852. The van der Waals surface area contributed by atoms with Crippen molar-refractivity contribution in [2.24, 2.45) is 5.92 Å². The van der Waals surface area contributed by atoms with Crippen molar-refractivity contribution >= 4 is 10.0 Å². The summed E-state index contributed by atoms with van der Waals surface area (Å²) < 4.78 is 34.4. The van der Waals surface area contributed by atoms with Crippen LogP contribution in [0, 0.1) is 12.8 Å². The summed E-state index contributed by atoms with van der Waals surface area (Å²) >= 11 is 0. The average molecular weight is 363 g/mol. The number of benzene rings is 1. The third-order valence-corrected chi connectivity index (χ3v) is 6.47. The zero-order chi connectivity index (χ0) is 18.2. The minimum Gasteiger partial charge on any atom is -0.496 e. The van der Waals surface area contributed by atoms with Crippen molar-refractivity contribution in [1.29, 1.82) is 0 Å². The highest BCUT2D eigenvalue weighted by molar-refractivity contribution is 7.89. The number of hydrogen-bond donors (Lipinski definition) is 0. The number of imidazole rings is 1. The van der Waals surface area contributed by atoms with Crippen LogP contribution < -0.4 is 4.74 Å². The molecule has 1 aromatic carbocycles. The smallest absolute Gasteiger partial charge is 0.243 e. The lowest BCUT2D eigenvalue weighted by Gasteiger charge is -2.38. The van der Waals surface area contributed by atoms with Gasteiger partial charge in [-0.15, -0.1) is 0 Å². The number of sulfonamides is 1. The molecule has 2 aromatic rings. The molecular formula is C18H25N3O3S. The predicted octanol–water partition coefficient (Wildman–Crippen LogP) is 2.64. The third-order valence-electron chi connectivity index (χ3n) is 4.65.